The van der Waals surface area contributed by atoms with Crippen molar-refractivity contribution < 1.29 is 4.79 Å². The lowest BCUT2D eigenvalue weighted by Crippen LogP contribution is -2.26. The Morgan fingerprint density at radius 3 is 2.81 bits per heavy atom. The topological polar surface area (TPSA) is 59.3 Å². The summed E-state index contributed by atoms with van der Waals surface area (Å²) in [7, 11) is 0. The van der Waals surface area contributed by atoms with E-state index in [0.717, 1.165) is 17.0 Å². The minimum Gasteiger partial charge on any atom is -0.352 e. The Hall–Kier alpha value is -2.69. The van der Waals surface area contributed by atoms with Gasteiger partial charge in [0.25, 0.3) is 5.91 Å². The van der Waals surface area contributed by atoms with Crippen molar-refractivity contribution in [1.29, 1.82) is 0 Å². The molecule has 5 heteroatoms. The fraction of sp³-hybridized carbons (Fsp3) is 0.188. The molecule has 0 aliphatic carbocycles. The average Bonchev–Trinajstić information content (AvgIpc) is 2.91. The van der Waals surface area contributed by atoms with E-state index >= 15 is 0 Å². The molecule has 0 saturated heterocycles. The smallest absolute Gasteiger partial charge is 0.251 e. The van der Waals surface area contributed by atoms with E-state index in [1.807, 2.05) is 60.0 Å². The maximum atomic E-state index is 12.1. The molecule has 106 valence electrons. The maximum Gasteiger partial charge on any atom is 0.251 e. The zero-order valence-corrected chi connectivity index (χ0v) is 11.8. The first-order chi connectivity index (χ1) is 10.3. The van der Waals surface area contributed by atoms with Gasteiger partial charge in [-0.1, -0.05) is 24.3 Å². The number of nitrogens with one attached hydrogen (secondary N) is 1. The lowest BCUT2D eigenvalue weighted by molar-refractivity contribution is 0.0953. The van der Waals surface area contributed by atoms with E-state index in [9.17, 15) is 4.79 Å². The van der Waals surface area contributed by atoms with Crippen LogP contribution in [0.2, 0.25) is 0 Å². The Morgan fingerprint density at radius 1 is 1.14 bits per heavy atom. The molecule has 3 aromatic rings. The van der Waals surface area contributed by atoms with Crippen molar-refractivity contribution in [3.05, 3.63) is 65.6 Å². The van der Waals surface area contributed by atoms with Crippen LogP contribution in [0.1, 0.15) is 21.7 Å². The summed E-state index contributed by atoms with van der Waals surface area (Å²) in [4.78, 5) is 12.1. The van der Waals surface area contributed by atoms with Crippen molar-refractivity contribution in [2.45, 2.75) is 13.3 Å². The first-order valence-corrected chi connectivity index (χ1v) is 6.88. The van der Waals surface area contributed by atoms with E-state index in [2.05, 4.69) is 15.5 Å². The zero-order chi connectivity index (χ0) is 14.7. The number of carbonyl (C=O) groups excluding carboxylic acids is 1. The zero-order valence-electron chi connectivity index (χ0n) is 11.8. The monoisotopic (exact) mass is 280 g/mol. The molecule has 0 bridgehead atoms. The summed E-state index contributed by atoms with van der Waals surface area (Å²) in [5, 5.41) is 11.2. The molecule has 1 aromatic carbocycles. The van der Waals surface area contributed by atoms with Crippen LogP contribution in [0.5, 0.6) is 0 Å². The molecule has 0 fully saturated rings. The lowest BCUT2D eigenvalue weighted by atomic mass is 10.1. The summed E-state index contributed by atoms with van der Waals surface area (Å²) in [6.45, 7) is 2.46. The Labute approximate surface area is 122 Å². The highest BCUT2D eigenvalue weighted by Crippen LogP contribution is 2.07. The Kier molecular flexibility index (Phi) is 3.64. The number of nitrogens with zero attached hydrogens (tertiary/aromatic N) is 3. The number of pyridine rings is 1. The van der Waals surface area contributed by atoms with Crippen LogP contribution in [-0.4, -0.2) is 27.0 Å². The third-order valence-electron chi connectivity index (χ3n) is 3.41. The number of amides is 1. The molecule has 5 nitrogen and oxygen atoms in total. The van der Waals surface area contributed by atoms with Crippen molar-refractivity contribution in [1.82, 2.24) is 19.9 Å². The number of carbonyl (C=O) groups is 1. The van der Waals surface area contributed by atoms with E-state index in [-0.39, 0.29) is 5.91 Å². The maximum absolute atomic E-state index is 12.1. The summed E-state index contributed by atoms with van der Waals surface area (Å²) < 4.78 is 1.93. The second kappa shape index (κ2) is 5.75. The van der Waals surface area contributed by atoms with Gasteiger partial charge in [0.05, 0.1) is 0 Å². The van der Waals surface area contributed by atoms with Crippen molar-refractivity contribution in [3.63, 3.8) is 0 Å². The third-order valence-corrected chi connectivity index (χ3v) is 3.41. The van der Waals surface area contributed by atoms with Crippen molar-refractivity contribution in [2.75, 3.05) is 6.54 Å². The van der Waals surface area contributed by atoms with E-state index < -0.39 is 0 Å². The van der Waals surface area contributed by atoms with Crippen molar-refractivity contribution >= 4 is 11.6 Å². The Morgan fingerprint density at radius 2 is 1.95 bits per heavy atom. The Bertz CT molecular complexity index is 779. The quantitative estimate of drug-likeness (QED) is 0.795. The van der Waals surface area contributed by atoms with Crippen LogP contribution in [0.15, 0.2) is 48.7 Å². The van der Waals surface area contributed by atoms with Gasteiger partial charge in [-0.3, -0.25) is 9.20 Å². The predicted octanol–water partition coefficient (Wildman–Crippen LogP) is 2.01. The molecule has 0 atom stereocenters. The normalized spacial score (nSPS) is 10.7. The van der Waals surface area contributed by atoms with Gasteiger partial charge in [0, 0.05) is 24.7 Å². The minimum absolute atomic E-state index is 0.0538. The van der Waals surface area contributed by atoms with Gasteiger partial charge in [-0.05, 0) is 30.7 Å². The molecular formula is C16H16N4O. The number of hydrogen-bond acceptors (Lipinski definition) is 3. The molecule has 1 N–H and O–H groups in total. The van der Waals surface area contributed by atoms with Crippen LogP contribution in [0, 0.1) is 6.92 Å². The largest absolute Gasteiger partial charge is 0.352 e. The third kappa shape index (κ3) is 2.76. The summed E-state index contributed by atoms with van der Waals surface area (Å²) >= 11 is 0. The number of hydrogen-bond donors (Lipinski definition) is 1. The highest BCUT2D eigenvalue weighted by atomic mass is 16.1. The van der Waals surface area contributed by atoms with E-state index in [4.69, 9.17) is 0 Å². The molecule has 0 saturated carbocycles. The molecule has 0 spiro atoms. The van der Waals surface area contributed by atoms with Crippen LogP contribution in [0.3, 0.4) is 0 Å². The standard InChI is InChI=1S/C16H16N4O/c1-12-6-2-3-7-13(12)16(21)17-10-9-15-19-18-14-8-4-5-11-20(14)15/h2-8,11H,9-10H2,1H3,(H,17,21). The number of fused-ring (bicyclic) bond motifs is 1. The van der Waals surface area contributed by atoms with E-state index in [1.165, 1.54) is 0 Å². The molecule has 21 heavy (non-hydrogen) atoms. The predicted molar refractivity (Wildman–Crippen MR) is 80.2 cm³/mol. The fourth-order valence-corrected chi connectivity index (χ4v) is 2.27. The summed E-state index contributed by atoms with van der Waals surface area (Å²) in [5.74, 6) is 0.789. The SMILES string of the molecule is Cc1ccccc1C(=O)NCCc1nnc2ccccn12. The number of benzene rings is 1. The van der Waals surface area contributed by atoms with Crippen LogP contribution in [0.4, 0.5) is 0 Å². The Balaban J connectivity index is 1.64. The van der Waals surface area contributed by atoms with Gasteiger partial charge < -0.3 is 5.32 Å². The fourth-order valence-electron chi connectivity index (χ4n) is 2.27. The molecule has 2 heterocycles. The van der Waals surface area contributed by atoms with Crippen LogP contribution < -0.4 is 5.32 Å². The molecule has 0 aliphatic heterocycles. The number of aromatic nitrogens is 3. The molecule has 0 unspecified atom stereocenters. The molecule has 3 rings (SSSR count). The molecular weight excluding hydrogens is 264 g/mol. The highest BCUT2D eigenvalue weighted by molar-refractivity contribution is 5.95. The second-order valence-electron chi connectivity index (χ2n) is 4.87. The van der Waals surface area contributed by atoms with E-state index in [0.29, 0.717) is 18.5 Å². The molecule has 0 aliphatic rings. The first-order valence-electron chi connectivity index (χ1n) is 6.88. The molecule has 1 amide bonds. The van der Waals surface area contributed by atoms with Crippen LogP contribution in [-0.2, 0) is 6.42 Å². The highest BCUT2D eigenvalue weighted by Gasteiger charge is 2.09. The minimum atomic E-state index is -0.0538. The van der Waals surface area contributed by atoms with Gasteiger partial charge in [0.2, 0.25) is 0 Å². The van der Waals surface area contributed by atoms with E-state index in [1.54, 1.807) is 0 Å². The van der Waals surface area contributed by atoms with Gasteiger partial charge in [0.15, 0.2) is 5.65 Å². The van der Waals surface area contributed by atoms with Gasteiger partial charge in [-0.25, -0.2) is 0 Å². The lowest BCUT2D eigenvalue weighted by Gasteiger charge is -2.06. The van der Waals surface area contributed by atoms with Crippen LogP contribution in [0.25, 0.3) is 5.65 Å². The molecule has 0 radical (unpaired) electrons. The number of rotatable bonds is 4. The van der Waals surface area contributed by atoms with Gasteiger partial charge in [-0.2, -0.15) is 0 Å². The van der Waals surface area contributed by atoms with Crippen molar-refractivity contribution in [3.8, 4) is 0 Å². The summed E-state index contributed by atoms with van der Waals surface area (Å²) in [5.41, 5.74) is 2.50. The van der Waals surface area contributed by atoms with Crippen molar-refractivity contribution in [2.24, 2.45) is 0 Å². The van der Waals surface area contributed by atoms with Gasteiger partial charge in [0.1, 0.15) is 5.82 Å². The number of aryl methyl sites for hydroxylation is 1. The molecule has 2 aromatic heterocycles. The second-order valence-corrected chi connectivity index (χ2v) is 4.87. The summed E-state index contributed by atoms with van der Waals surface area (Å²) in [6, 6.07) is 13.3. The van der Waals surface area contributed by atoms with Crippen LogP contribution >= 0.6 is 0 Å². The first kappa shape index (κ1) is 13.3. The van der Waals surface area contributed by atoms with Gasteiger partial charge >= 0.3 is 0 Å². The average molecular weight is 280 g/mol. The summed E-state index contributed by atoms with van der Waals surface area (Å²) in [6.07, 6.45) is 2.57. The van der Waals surface area contributed by atoms with Gasteiger partial charge in [-0.15, -0.1) is 10.2 Å².